The highest BCUT2D eigenvalue weighted by Crippen LogP contribution is 2.44. The lowest BCUT2D eigenvalue weighted by molar-refractivity contribution is -0.137. The zero-order valence-corrected chi connectivity index (χ0v) is 18.7. The van der Waals surface area contributed by atoms with Crippen molar-refractivity contribution in [2.24, 2.45) is 5.92 Å². The second kappa shape index (κ2) is 8.11. The van der Waals surface area contributed by atoms with Crippen LogP contribution in [0.1, 0.15) is 41.9 Å². The van der Waals surface area contributed by atoms with Gasteiger partial charge < -0.3 is 9.64 Å². The summed E-state index contributed by atoms with van der Waals surface area (Å²) in [6, 6.07) is 0. The molecule has 2 aliphatic heterocycles. The van der Waals surface area contributed by atoms with Crippen molar-refractivity contribution in [3.8, 4) is 0 Å². The predicted octanol–water partition coefficient (Wildman–Crippen LogP) is 1.19. The third-order valence-corrected chi connectivity index (χ3v) is 6.91. The van der Waals surface area contributed by atoms with Crippen LogP contribution < -0.4 is 0 Å². The number of hydrogen-bond acceptors (Lipinski definition) is 6. The molecule has 0 aliphatic carbocycles. The van der Waals surface area contributed by atoms with Gasteiger partial charge in [0.05, 0.1) is 11.1 Å². The Bertz CT molecular complexity index is 921. The van der Waals surface area contributed by atoms with Crippen LogP contribution in [-0.4, -0.2) is 80.6 Å². The first-order valence-electron chi connectivity index (χ1n) is 10.8. The van der Waals surface area contributed by atoms with Crippen molar-refractivity contribution in [2.75, 3.05) is 39.9 Å². The molecule has 2 aromatic heterocycles. The number of rotatable bonds is 6. The van der Waals surface area contributed by atoms with Gasteiger partial charge in [0.2, 0.25) is 5.91 Å². The number of nitrogens with zero attached hydrogens (tertiary/aromatic N) is 6. The molecular formula is C21H33N7O2. The Morgan fingerprint density at radius 1 is 1.30 bits per heavy atom. The summed E-state index contributed by atoms with van der Waals surface area (Å²) in [5.41, 5.74) is 3.52. The van der Waals surface area contributed by atoms with Gasteiger partial charge in [-0.15, -0.1) is 0 Å². The minimum atomic E-state index is -0.128. The zero-order chi connectivity index (χ0) is 21.5. The zero-order valence-electron chi connectivity index (χ0n) is 18.7. The third kappa shape index (κ3) is 3.54. The van der Waals surface area contributed by atoms with Crippen molar-refractivity contribution in [2.45, 2.75) is 52.6 Å². The maximum atomic E-state index is 12.5. The average molecular weight is 416 g/mol. The van der Waals surface area contributed by atoms with Crippen molar-refractivity contribution in [3.63, 3.8) is 0 Å². The highest BCUT2D eigenvalue weighted by atomic mass is 16.5. The maximum Gasteiger partial charge on any atom is 0.248 e. The molecule has 4 rings (SSSR count). The number of aryl methyl sites for hydroxylation is 3. The minimum Gasteiger partial charge on any atom is -0.375 e. The summed E-state index contributed by atoms with van der Waals surface area (Å²) in [6.07, 6.45) is 0.868. The quantitative estimate of drug-likeness (QED) is 0.762. The van der Waals surface area contributed by atoms with E-state index in [4.69, 9.17) is 9.72 Å². The fourth-order valence-electron chi connectivity index (χ4n) is 5.27. The van der Waals surface area contributed by atoms with E-state index in [2.05, 4.69) is 45.6 Å². The number of ether oxygens (including phenoxy) is 1. The highest BCUT2D eigenvalue weighted by Gasteiger charge is 2.53. The molecule has 164 valence electrons. The van der Waals surface area contributed by atoms with E-state index in [9.17, 15) is 4.79 Å². The van der Waals surface area contributed by atoms with Gasteiger partial charge >= 0.3 is 0 Å². The first-order valence-corrected chi connectivity index (χ1v) is 10.8. The molecule has 2 aliphatic rings. The fraction of sp³-hybridized carbons (Fsp3) is 0.714. The molecule has 0 aromatic carbocycles. The molecular weight excluding hydrogens is 382 g/mol. The second-order valence-electron chi connectivity index (χ2n) is 8.76. The normalized spacial score (nSPS) is 24.4. The molecule has 1 N–H and O–H groups in total. The molecule has 0 radical (unpaired) electrons. The second-order valence-corrected chi connectivity index (χ2v) is 8.76. The molecule has 0 spiro atoms. The number of methoxy groups -OCH3 is 1. The molecule has 4 heterocycles. The number of piperidine rings is 1. The fourth-order valence-corrected chi connectivity index (χ4v) is 5.27. The number of nitrogens with one attached hydrogen (secondary N) is 1. The molecule has 9 heteroatoms. The number of hydrogen-bond donors (Lipinski definition) is 1. The standard InChI is InChI=1S/C21H33N7O2/c1-6-28-15(3)18(14(2)25-28)11-26-9-17-10-27(19(29)12-30-5)8-7-21(17,13-26)20-22-16(4)23-24-20/h17H,6-13H2,1-5H3,(H,22,23,24)/t17-,21+/m0/s1. The molecule has 2 aromatic rings. The molecule has 2 fully saturated rings. The average Bonchev–Trinajstić information content (AvgIpc) is 3.39. The monoisotopic (exact) mass is 415 g/mol. The molecule has 0 unspecified atom stereocenters. The first kappa shape index (κ1) is 21.0. The van der Waals surface area contributed by atoms with Crippen LogP contribution in [0.3, 0.4) is 0 Å². The van der Waals surface area contributed by atoms with Gasteiger partial charge in [-0.25, -0.2) is 4.98 Å². The van der Waals surface area contributed by atoms with Crippen molar-refractivity contribution in [1.82, 2.24) is 34.8 Å². The van der Waals surface area contributed by atoms with Crippen LogP contribution in [0.15, 0.2) is 0 Å². The van der Waals surface area contributed by atoms with Crippen LogP contribution in [0, 0.1) is 26.7 Å². The van der Waals surface area contributed by atoms with E-state index in [1.807, 2.05) is 11.8 Å². The summed E-state index contributed by atoms with van der Waals surface area (Å²) in [6.45, 7) is 13.5. The van der Waals surface area contributed by atoms with Gasteiger partial charge in [-0.3, -0.25) is 19.5 Å². The Labute approximate surface area is 177 Å². The molecule has 9 nitrogen and oxygen atoms in total. The lowest BCUT2D eigenvalue weighted by atomic mass is 9.72. The van der Waals surface area contributed by atoms with E-state index in [1.54, 1.807) is 7.11 Å². The SMILES string of the molecule is CCn1nc(C)c(CN2C[C@H]3CN(C(=O)COC)CC[C@@]3(c3n[nH]c(C)n3)C2)c1C. The van der Waals surface area contributed by atoms with Crippen LogP contribution in [0.2, 0.25) is 0 Å². The predicted molar refractivity (Wildman–Crippen MR) is 112 cm³/mol. The number of aromatic amines is 1. The van der Waals surface area contributed by atoms with E-state index >= 15 is 0 Å². The van der Waals surface area contributed by atoms with Crippen LogP contribution >= 0.6 is 0 Å². The van der Waals surface area contributed by atoms with Crippen LogP contribution in [-0.2, 0) is 28.0 Å². The van der Waals surface area contributed by atoms with Gasteiger partial charge in [-0.1, -0.05) is 0 Å². The number of aromatic nitrogens is 5. The third-order valence-electron chi connectivity index (χ3n) is 6.91. The van der Waals surface area contributed by atoms with Crippen molar-refractivity contribution in [3.05, 3.63) is 28.6 Å². The highest BCUT2D eigenvalue weighted by molar-refractivity contribution is 5.77. The molecule has 30 heavy (non-hydrogen) atoms. The first-order chi connectivity index (χ1) is 14.4. The van der Waals surface area contributed by atoms with Crippen molar-refractivity contribution >= 4 is 5.91 Å². The lowest BCUT2D eigenvalue weighted by Crippen LogP contribution is -2.52. The van der Waals surface area contributed by atoms with E-state index < -0.39 is 0 Å². The summed E-state index contributed by atoms with van der Waals surface area (Å²) >= 11 is 0. The van der Waals surface area contributed by atoms with E-state index in [1.165, 1.54) is 11.3 Å². The van der Waals surface area contributed by atoms with Crippen molar-refractivity contribution in [1.29, 1.82) is 0 Å². The van der Waals surface area contributed by atoms with Gasteiger partial charge in [0.15, 0.2) is 5.82 Å². The van der Waals surface area contributed by atoms with Crippen molar-refractivity contribution < 1.29 is 9.53 Å². The van der Waals surface area contributed by atoms with Crippen LogP contribution in [0.25, 0.3) is 0 Å². The molecule has 2 atom stereocenters. The topological polar surface area (TPSA) is 92.2 Å². The summed E-state index contributed by atoms with van der Waals surface area (Å²) in [4.78, 5) is 21.6. The van der Waals surface area contributed by atoms with Gasteiger partial charge in [0.25, 0.3) is 0 Å². The van der Waals surface area contributed by atoms with Gasteiger partial charge in [0.1, 0.15) is 12.4 Å². The minimum absolute atomic E-state index is 0.0617. The Balaban J connectivity index is 1.60. The Kier molecular flexibility index (Phi) is 5.67. The van der Waals surface area contributed by atoms with E-state index in [-0.39, 0.29) is 17.9 Å². The molecule has 0 saturated carbocycles. The summed E-state index contributed by atoms with van der Waals surface area (Å²) in [5, 5.41) is 12.3. The Morgan fingerprint density at radius 2 is 2.10 bits per heavy atom. The summed E-state index contributed by atoms with van der Waals surface area (Å²) in [7, 11) is 1.57. The van der Waals surface area contributed by atoms with Crippen LogP contribution in [0.5, 0.6) is 0 Å². The smallest absolute Gasteiger partial charge is 0.248 e. The van der Waals surface area contributed by atoms with Gasteiger partial charge in [-0.2, -0.15) is 10.2 Å². The summed E-state index contributed by atoms with van der Waals surface area (Å²) in [5.74, 6) is 2.09. The molecule has 1 amide bonds. The Hall–Kier alpha value is -2.26. The number of fused-ring (bicyclic) bond motifs is 1. The van der Waals surface area contributed by atoms with Gasteiger partial charge in [-0.05, 0) is 34.1 Å². The number of amides is 1. The lowest BCUT2D eigenvalue weighted by Gasteiger charge is -2.41. The molecule has 2 saturated heterocycles. The molecule has 0 bridgehead atoms. The summed E-state index contributed by atoms with van der Waals surface area (Å²) < 4.78 is 7.16. The van der Waals surface area contributed by atoms with E-state index in [0.717, 1.165) is 56.5 Å². The van der Waals surface area contributed by atoms with Gasteiger partial charge in [0, 0.05) is 63.6 Å². The largest absolute Gasteiger partial charge is 0.375 e. The number of H-pyrrole nitrogens is 1. The van der Waals surface area contributed by atoms with Crippen LogP contribution in [0.4, 0.5) is 0 Å². The number of carbonyl (C=O) groups is 1. The maximum absolute atomic E-state index is 12.5. The number of carbonyl (C=O) groups excluding carboxylic acids is 1. The van der Waals surface area contributed by atoms with E-state index in [0.29, 0.717) is 12.5 Å². The Morgan fingerprint density at radius 3 is 2.73 bits per heavy atom. The number of likely N-dealkylation sites (tertiary alicyclic amines) is 2.